The lowest BCUT2D eigenvalue weighted by molar-refractivity contribution is -0.160. The highest BCUT2D eigenvalue weighted by Crippen LogP contribution is 2.16. The molecule has 1 N–H and O–H groups in total. The van der Waals surface area contributed by atoms with E-state index in [1.54, 1.807) is 0 Å². The van der Waals surface area contributed by atoms with E-state index >= 15 is 0 Å². The molecule has 310 valence electrons. The Morgan fingerprint density at radius 1 is 0.537 bits per heavy atom. The van der Waals surface area contributed by atoms with Crippen molar-refractivity contribution in [1.29, 1.82) is 0 Å². The largest absolute Gasteiger partial charge is 0.461 e. The fraction of sp³-hybridized carbons (Fsp3) is 0.745. The zero-order chi connectivity index (χ0) is 39.2. The van der Waals surface area contributed by atoms with E-state index in [4.69, 9.17) is 18.9 Å². The Kier molecular flexibility index (Phi) is 34.4. The third-order valence-electron chi connectivity index (χ3n) is 9.61. The number of ether oxygens (including phenoxy) is 4. The van der Waals surface area contributed by atoms with Gasteiger partial charge < -0.3 is 24.1 Å². The van der Waals surface area contributed by atoms with E-state index in [2.05, 4.69) is 45.1 Å². The van der Waals surface area contributed by atoms with Crippen molar-refractivity contribution in [3.8, 4) is 0 Å². The normalized spacial score (nSPS) is 11.7. The molecule has 0 unspecified atom stereocenters. The van der Waals surface area contributed by atoms with E-state index in [9.17, 15) is 14.7 Å². The molecule has 0 aliphatic rings. The third kappa shape index (κ3) is 30.8. The highest BCUT2D eigenvalue weighted by Gasteiger charge is 2.14. The minimum Gasteiger partial charge on any atom is -0.461 e. The van der Waals surface area contributed by atoms with Crippen LogP contribution in [0, 0.1) is 0 Å². The van der Waals surface area contributed by atoms with Crippen LogP contribution in [-0.2, 0) is 48.4 Å². The van der Waals surface area contributed by atoms with Crippen LogP contribution in [0.25, 0.3) is 0 Å². The monoisotopic (exact) mass is 757 g/mol. The van der Waals surface area contributed by atoms with Gasteiger partial charge in [-0.25, -0.2) is 0 Å². The van der Waals surface area contributed by atoms with E-state index < -0.39 is 6.29 Å². The van der Waals surface area contributed by atoms with Gasteiger partial charge >= 0.3 is 11.9 Å². The molecule has 0 aromatic heterocycles. The van der Waals surface area contributed by atoms with Gasteiger partial charge in [0.25, 0.3) is 0 Å². The third-order valence-corrected chi connectivity index (χ3v) is 9.61. The van der Waals surface area contributed by atoms with Crippen molar-refractivity contribution < 1.29 is 33.6 Å². The van der Waals surface area contributed by atoms with E-state index in [1.807, 2.05) is 18.2 Å². The minimum absolute atomic E-state index is 0.0848. The van der Waals surface area contributed by atoms with E-state index in [0.29, 0.717) is 31.6 Å². The number of esters is 2. The van der Waals surface area contributed by atoms with Crippen molar-refractivity contribution >= 4 is 11.9 Å². The molecule has 1 aromatic rings. The van der Waals surface area contributed by atoms with Crippen molar-refractivity contribution in [2.45, 2.75) is 214 Å². The van der Waals surface area contributed by atoms with Gasteiger partial charge in [0, 0.05) is 26.1 Å². The van der Waals surface area contributed by atoms with Crippen molar-refractivity contribution in [3.05, 3.63) is 59.2 Å². The van der Waals surface area contributed by atoms with Crippen LogP contribution in [-0.4, -0.2) is 36.5 Å². The first-order valence-corrected chi connectivity index (χ1v) is 22.1. The molecule has 1 aromatic carbocycles. The van der Waals surface area contributed by atoms with Gasteiger partial charge in [0.1, 0.15) is 13.2 Å². The highest BCUT2D eigenvalue weighted by atomic mass is 16.7. The number of allylic oxidation sites excluding steroid dienone is 4. The summed E-state index contributed by atoms with van der Waals surface area (Å²) in [5.41, 5.74) is 2.21. The summed E-state index contributed by atoms with van der Waals surface area (Å²) in [6, 6.07) is 5.51. The quantitative estimate of drug-likeness (QED) is 0.0311. The Hall–Kier alpha value is -2.48. The Bertz CT molecular complexity index is 1060. The zero-order valence-corrected chi connectivity index (χ0v) is 34.9. The fourth-order valence-corrected chi connectivity index (χ4v) is 6.29. The Morgan fingerprint density at radius 3 is 1.50 bits per heavy atom. The SMILES string of the molecule is CCCCC/C=C\C/C=C\CCCCCCCC(=O)OCc1cc(CO)cc(COC(=O)CCC(OCCCCCCCC)OCCCCCCCC)c1. The van der Waals surface area contributed by atoms with Crippen LogP contribution in [0.3, 0.4) is 0 Å². The van der Waals surface area contributed by atoms with Gasteiger partial charge in [-0.05, 0) is 74.1 Å². The van der Waals surface area contributed by atoms with Crippen LogP contribution in [0.4, 0.5) is 0 Å². The van der Waals surface area contributed by atoms with Gasteiger partial charge in [-0.2, -0.15) is 0 Å². The number of aliphatic hydroxyl groups excluding tert-OH is 1. The molecule has 0 spiro atoms. The lowest BCUT2D eigenvalue weighted by Gasteiger charge is -2.19. The summed E-state index contributed by atoms with van der Waals surface area (Å²) in [5, 5.41) is 9.82. The number of carbonyl (C=O) groups excluding carboxylic acids is 2. The molecule has 0 heterocycles. The van der Waals surface area contributed by atoms with E-state index in [-0.39, 0.29) is 38.2 Å². The van der Waals surface area contributed by atoms with Gasteiger partial charge in [0.15, 0.2) is 6.29 Å². The molecule has 0 saturated carbocycles. The molecule has 0 bridgehead atoms. The highest BCUT2D eigenvalue weighted by molar-refractivity contribution is 5.69. The molecule has 7 heteroatoms. The summed E-state index contributed by atoms with van der Waals surface area (Å²) in [6.07, 6.45) is 36.6. The molecular formula is C47H80O7. The van der Waals surface area contributed by atoms with Crippen molar-refractivity contribution in [2.24, 2.45) is 0 Å². The van der Waals surface area contributed by atoms with Crippen molar-refractivity contribution in [1.82, 2.24) is 0 Å². The summed E-state index contributed by atoms with van der Waals surface area (Å²) < 4.78 is 23.3. The summed E-state index contributed by atoms with van der Waals surface area (Å²) in [6.45, 7) is 8.02. The molecule has 0 aliphatic heterocycles. The van der Waals surface area contributed by atoms with Gasteiger partial charge in [-0.1, -0.05) is 154 Å². The Morgan fingerprint density at radius 2 is 0.963 bits per heavy atom. The number of benzene rings is 1. The van der Waals surface area contributed by atoms with Crippen LogP contribution in [0.2, 0.25) is 0 Å². The molecule has 1 rings (SSSR count). The summed E-state index contributed by atoms with van der Waals surface area (Å²) in [7, 11) is 0. The lowest BCUT2D eigenvalue weighted by Crippen LogP contribution is -2.21. The molecule has 7 nitrogen and oxygen atoms in total. The van der Waals surface area contributed by atoms with Gasteiger partial charge in [-0.3, -0.25) is 9.59 Å². The number of rotatable bonds is 38. The number of hydrogen-bond acceptors (Lipinski definition) is 7. The second-order valence-electron chi connectivity index (χ2n) is 14.9. The van der Waals surface area contributed by atoms with Crippen LogP contribution in [0.15, 0.2) is 42.5 Å². The summed E-state index contributed by atoms with van der Waals surface area (Å²) in [4.78, 5) is 25.2. The average molecular weight is 757 g/mol. The molecule has 54 heavy (non-hydrogen) atoms. The molecule has 0 fully saturated rings. The maximum absolute atomic E-state index is 12.8. The Balaban J connectivity index is 2.37. The van der Waals surface area contributed by atoms with Gasteiger partial charge in [-0.15, -0.1) is 0 Å². The summed E-state index contributed by atoms with van der Waals surface area (Å²) >= 11 is 0. The smallest absolute Gasteiger partial charge is 0.306 e. The van der Waals surface area contributed by atoms with E-state index in [0.717, 1.165) is 68.9 Å². The van der Waals surface area contributed by atoms with Gasteiger partial charge in [0.2, 0.25) is 0 Å². The maximum atomic E-state index is 12.8. The topological polar surface area (TPSA) is 91.3 Å². The number of unbranched alkanes of at least 4 members (excludes halogenated alkanes) is 18. The second-order valence-corrected chi connectivity index (χ2v) is 14.9. The fourth-order valence-electron chi connectivity index (χ4n) is 6.29. The van der Waals surface area contributed by atoms with Crippen molar-refractivity contribution in [3.63, 3.8) is 0 Å². The second kappa shape index (κ2) is 37.4. The molecule has 0 atom stereocenters. The first kappa shape index (κ1) is 49.5. The molecule has 0 radical (unpaired) electrons. The van der Waals surface area contributed by atoms with Crippen LogP contribution < -0.4 is 0 Å². The predicted molar refractivity (Wildman–Crippen MR) is 223 cm³/mol. The number of aliphatic hydroxyl groups is 1. The summed E-state index contributed by atoms with van der Waals surface area (Å²) in [5.74, 6) is -0.527. The van der Waals surface area contributed by atoms with Crippen LogP contribution >= 0.6 is 0 Å². The molecule has 0 saturated heterocycles. The minimum atomic E-state index is -0.410. The van der Waals surface area contributed by atoms with Crippen molar-refractivity contribution in [2.75, 3.05) is 13.2 Å². The predicted octanol–water partition coefficient (Wildman–Crippen LogP) is 12.9. The first-order valence-electron chi connectivity index (χ1n) is 22.1. The maximum Gasteiger partial charge on any atom is 0.306 e. The molecular weight excluding hydrogens is 677 g/mol. The average Bonchev–Trinajstić information content (AvgIpc) is 3.18. The first-order chi connectivity index (χ1) is 26.5. The zero-order valence-electron chi connectivity index (χ0n) is 34.9. The molecule has 0 aliphatic carbocycles. The van der Waals surface area contributed by atoms with E-state index in [1.165, 1.54) is 89.9 Å². The lowest BCUT2D eigenvalue weighted by atomic mass is 10.1. The molecule has 0 amide bonds. The van der Waals surface area contributed by atoms with Crippen LogP contribution in [0.5, 0.6) is 0 Å². The van der Waals surface area contributed by atoms with Crippen LogP contribution in [0.1, 0.15) is 204 Å². The number of carbonyl (C=O) groups is 2. The standard InChI is InChI=1S/C47H80O7/c1-4-7-10-13-16-17-18-19-20-21-22-23-24-25-28-31-45(49)53-40-43-36-42(39-48)37-44(38-43)41-54-46(50)32-33-47(51-34-29-26-14-11-8-5-2)52-35-30-27-15-12-9-6-3/h16-17,19-20,36-38,47-48H,4-15,18,21-35,39-41H2,1-3H3/b17-16-,20-19-. The number of hydrogen-bond donors (Lipinski definition) is 1. The Labute approximate surface area is 331 Å². The van der Waals surface area contributed by atoms with Gasteiger partial charge in [0.05, 0.1) is 13.0 Å².